The summed E-state index contributed by atoms with van der Waals surface area (Å²) in [6.45, 7) is 7.67. The van der Waals surface area contributed by atoms with E-state index in [2.05, 4.69) is 15.6 Å². The van der Waals surface area contributed by atoms with E-state index in [1.165, 1.54) is 16.7 Å². The molecule has 110 valence electrons. The maximum absolute atomic E-state index is 11.7. The predicted molar refractivity (Wildman–Crippen MR) is 80.7 cm³/mol. The second-order valence-corrected chi connectivity index (χ2v) is 6.36. The minimum Gasteiger partial charge on any atom is -0.333 e. The molecule has 0 aliphatic heterocycles. The van der Waals surface area contributed by atoms with Crippen LogP contribution < -0.4 is 10.6 Å². The molecule has 0 aliphatic rings. The van der Waals surface area contributed by atoms with Crippen LogP contribution in [0.4, 0.5) is 9.59 Å². The largest absolute Gasteiger partial charge is 0.345 e. The molecule has 19 heavy (non-hydrogen) atoms. The lowest BCUT2D eigenvalue weighted by Crippen LogP contribution is -2.48. The van der Waals surface area contributed by atoms with Gasteiger partial charge in [-0.25, -0.2) is 9.59 Å². The van der Waals surface area contributed by atoms with Gasteiger partial charge in [-0.2, -0.15) is 4.99 Å². The number of amides is 4. The number of amidine groups is 1. The molecule has 4 amide bonds. The number of hydrogen-bond donors (Lipinski definition) is 2. The third-order valence-corrected chi connectivity index (χ3v) is 2.81. The van der Waals surface area contributed by atoms with Crippen molar-refractivity contribution in [3.8, 4) is 0 Å². The Balaban J connectivity index is 4.68. The van der Waals surface area contributed by atoms with Crippen LogP contribution in [0.2, 0.25) is 0 Å². The van der Waals surface area contributed by atoms with Crippen molar-refractivity contribution in [3.05, 3.63) is 0 Å². The van der Waals surface area contributed by atoms with Gasteiger partial charge in [0, 0.05) is 25.4 Å². The molecule has 0 unspecified atom stereocenters. The van der Waals surface area contributed by atoms with Crippen molar-refractivity contribution in [3.63, 3.8) is 0 Å². The van der Waals surface area contributed by atoms with Gasteiger partial charge in [0.15, 0.2) is 5.17 Å². The summed E-state index contributed by atoms with van der Waals surface area (Å²) in [5.74, 6) is 0.787. The second-order valence-electron chi connectivity index (χ2n) is 5.27. The third-order valence-electron chi connectivity index (χ3n) is 1.73. The Kier molecular flexibility index (Phi) is 7.51. The van der Waals surface area contributed by atoms with Crippen molar-refractivity contribution in [1.82, 2.24) is 15.5 Å². The fraction of sp³-hybridized carbons (Fsp3) is 0.750. The van der Waals surface area contributed by atoms with Gasteiger partial charge in [-0.1, -0.05) is 18.7 Å². The number of urea groups is 2. The van der Waals surface area contributed by atoms with Gasteiger partial charge < -0.3 is 10.2 Å². The highest BCUT2D eigenvalue weighted by atomic mass is 32.2. The standard InChI is InChI=1S/C12H24N4O2S/c1-7-8-19-10(14-11(18)16(5)6)13-9(17)15-12(2,3)4/h7-8H2,1-6H3,(H2,13,14,15,17,18). The molecule has 0 atom stereocenters. The summed E-state index contributed by atoms with van der Waals surface area (Å²) < 4.78 is 0. The number of thioether (sulfide) groups is 1. The van der Waals surface area contributed by atoms with E-state index in [-0.39, 0.29) is 11.6 Å². The molecule has 0 radical (unpaired) electrons. The van der Waals surface area contributed by atoms with Gasteiger partial charge in [0.25, 0.3) is 0 Å². The Labute approximate surface area is 119 Å². The number of carbonyl (C=O) groups is 2. The monoisotopic (exact) mass is 288 g/mol. The highest BCUT2D eigenvalue weighted by molar-refractivity contribution is 8.13. The van der Waals surface area contributed by atoms with Gasteiger partial charge in [-0.15, -0.1) is 0 Å². The molecule has 0 spiro atoms. The molecule has 0 fully saturated rings. The van der Waals surface area contributed by atoms with Crippen LogP contribution in [-0.2, 0) is 0 Å². The normalized spacial score (nSPS) is 12.0. The van der Waals surface area contributed by atoms with Gasteiger partial charge in [-0.05, 0) is 27.2 Å². The van der Waals surface area contributed by atoms with Crippen LogP contribution in [0.15, 0.2) is 4.99 Å². The third kappa shape index (κ3) is 9.35. The molecule has 0 aliphatic carbocycles. The van der Waals surface area contributed by atoms with Crippen LogP contribution in [0, 0.1) is 0 Å². The SMILES string of the molecule is CCCSC(=NC(=O)N(C)C)NC(=O)NC(C)(C)C. The van der Waals surface area contributed by atoms with Gasteiger partial charge >= 0.3 is 12.1 Å². The number of aliphatic imine (C=N–C) groups is 1. The first-order chi connectivity index (χ1) is 8.65. The van der Waals surface area contributed by atoms with Gasteiger partial charge in [0.1, 0.15) is 0 Å². The zero-order valence-electron chi connectivity index (χ0n) is 12.5. The van der Waals surface area contributed by atoms with Crippen molar-refractivity contribution < 1.29 is 9.59 Å². The number of rotatable bonds is 2. The van der Waals surface area contributed by atoms with Crippen LogP contribution >= 0.6 is 11.8 Å². The molecule has 0 aromatic rings. The maximum Gasteiger partial charge on any atom is 0.345 e. The first kappa shape index (κ1) is 17.8. The molecule has 0 rings (SSSR count). The Bertz CT molecular complexity index is 348. The van der Waals surface area contributed by atoms with Gasteiger partial charge in [0.05, 0.1) is 0 Å². The topological polar surface area (TPSA) is 73.8 Å². The fourth-order valence-corrected chi connectivity index (χ4v) is 1.66. The highest BCUT2D eigenvalue weighted by Gasteiger charge is 2.16. The number of carbonyl (C=O) groups excluding carboxylic acids is 2. The summed E-state index contributed by atoms with van der Waals surface area (Å²) in [5.41, 5.74) is -0.337. The molecule has 7 heteroatoms. The average Bonchev–Trinajstić information content (AvgIpc) is 2.22. The molecule has 0 saturated heterocycles. The zero-order valence-corrected chi connectivity index (χ0v) is 13.3. The van der Waals surface area contributed by atoms with Gasteiger partial charge in [0.2, 0.25) is 0 Å². The summed E-state index contributed by atoms with van der Waals surface area (Å²) in [4.78, 5) is 28.5. The molecule has 6 nitrogen and oxygen atoms in total. The molecule has 0 heterocycles. The van der Waals surface area contributed by atoms with Crippen LogP contribution in [0.25, 0.3) is 0 Å². The Morgan fingerprint density at radius 2 is 1.84 bits per heavy atom. The molecule has 0 aromatic heterocycles. The van der Waals surface area contributed by atoms with E-state index in [0.717, 1.165) is 12.2 Å². The Hall–Kier alpha value is -1.24. The lowest BCUT2D eigenvalue weighted by atomic mass is 10.1. The summed E-state index contributed by atoms with van der Waals surface area (Å²) in [6, 6.07) is -0.754. The number of nitrogens with zero attached hydrogens (tertiary/aromatic N) is 2. The molecule has 0 saturated carbocycles. The first-order valence-corrected chi connectivity index (χ1v) is 7.16. The van der Waals surface area contributed by atoms with E-state index >= 15 is 0 Å². The van der Waals surface area contributed by atoms with Crippen LogP contribution in [-0.4, -0.2) is 47.5 Å². The van der Waals surface area contributed by atoms with E-state index in [1.54, 1.807) is 14.1 Å². The van der Waals surface area contributed by atoms with Crippen molar-refractivity contribution in [1.29, 1.82) is 0 Å². The predicted octanol–water partition coefficient (Wildman–Crippen LogP) is 2.26. The highest BCUT2D eigenvalue weighted by Crippen LogP contribution is 2.06. The maximum atomic E-state index is 11.7. The number of hydrogen-bond acceptors (Lipinski definition) is 3. The average molecular weight is 288 g/mol. The van der Waals surface area contributed by atoms with E-state index in [0.29, 0.717) is 5.17 Å². The zero-order chi connectivity index (χ0) is 15.1. The summed E-state index contributed by atoms with van der Waals surface area (Å²) in [5, 5.41) is 5.69. The summed E-state index contributed by atoms with van der Waals surface area (Å²) >= 11 is 1.35. The van der Waals surface area contributed by atoms with Crippen molar-refractivity contribution in [2.24, 2.45) is 4.99 Å². The Morgan fingerprint density at radius 1 is 1.26 bits per heavy atom. The lowest BCUT2D eigenvalue weighted by molar-refractivity contribution is 0.227. The minimum atomic E-state index is -0.394. The van der Waals surface area contributed by atoms with E-state index in [9.17, 15) is 9.59 Å². The van der Waals surface area contributed by atoms with Crippen molar-refractivity contribution in [2.75, 3.05) is 19.8 Å². The molecular weight excluding hydrogens is 264 g/mol. The Morgan fingerprint density at radius 3 is 2.26 bits per heavy atom. The smallest absolute Gasteiger partial charge is 0.333 e. The second kappa shape index (κ2) is 8.04. The van der Waals surface area contributed by atoms with Crippen molar-refractivity contribution >= 4 is 29.0 Å². The molecule has 0 aromatic carbocycles. The quantitative estimate of drug-likeness (QED) is 0.604. The molecule has 2 N–H and O–H groups in total. The summed E-state index contributed by atoms with van der Waals surface area (Å²) in [6.07, 6.45) is 0.933. The van der Waals surface area contributed by atoms with E-state index < -0.39 is 6.03 Å². The van der Waals surface area contributed by atoms with E-state index in [1.807, 2.05) is 27.7 Å². The lowest BCUT2D eigenvalue weighted by Gasteiger charge is -2.21. The van der Waals surface area contributed by atoms with Crippen LogP contribution in [0.3, 0.4) is 0 Å². The van der Waals surface area contributed by atoms with Crippen LogP contribution in [0.5, 0.6) is 0 Å². The minimum absolute atomic E-state index is 0.322. The summed E-state index contributed by atoms with van der Waals surface area (Å²) in [7, 11) is 3.23. The number of nitrogens with one attached hydrogen (secondary N) is 2. The fourth-order valence-electron chi connectivity index (χ4n) is 0.951. The molecular formula is C12H24N4O2S. The first-order valence-electron chi connectivity index (χ1n) is 6.17. The molecule has 0 bridgehead atoms. The van der Waals surface area contributed by atoms with Gasteiger partial charge in [-0.3, -0.25) is 5.32 Å². The van der Waals surface area contributed by atoms with Crippen LogP contribution in [0.1, 0.15) is 34.1 Å². The van der Waals surface area contributed by atoms with Crippen molar-refractivity contribution in [2.45, 2.75) is 39.7 Å². The van der Waals surface area contributed by atoms with E-state index in [4.69, 9.17) is 0 Å².